The Morgan fingerprint density at radius 1 is 0.300 bits per heavy atom. The Morgan fingerprint density at radius 3 is 0.533 bits per heavy atom. The summed E-state index contributed by atoms with van der Waals surface area (Å²) in [5.74, 6) is -0.713. The second kappa shape index (κ2) is 47.4. The van der Waals surface area contributed by atoms with Gasteiger partial charge in [0.2, 0.25) is 0 Å². The van der Waals surface area contributed by atoms with Crippen molar-refractivity contribution < 1.29 is 20.4 Å². The van der Waals surface area contributed by atoms with Crippen molar-refractivity contribution in [1.82, 2.24) is 42.9 Å². The van der Waals surface area contributed by atoms with Gasteiger partial charge in [-0.2, -0.15) is 0 Å². The Labute approximate surface area is 430 Å². The fourth-order valence-electron chi connectivity index (χ4n) is 5.71. The number of hydrogen-bond acceptors (Lipinski definition) is 8. The fraction of sp³-hybridized carbons (Fsp3) is 0.545. The summed E-state index contributed by atoms with van der Waals surface area (Å²) in [4.78, 5) is 13.7. The average Bonchev–Trinajstić information content (AvgIpc) is 3.22. The molecule has 324 valence electrons. The number of nitrogens with zero attached hydrogens (tertiary/aromatic N) is 8. The Hall–Kier alpha value is -1.09. The van der Waals surface area contributed by atoms with Crippen LogP contribution < -0.4 is 43.4 Å². The summed E-state index contributed by atoms with van der Waals surface area (Å²) in [7, 11) is 0. The Bertz CT molecular complexity index is 1160. The van der Waals surface area contributed by atoms with E-state index in [4.69, 9.17) is 22.9 Å². The van der Waals surface area contributed by atoms with Crippen molar-refractivity contribution in [2.45, 2.75) is 153 Å². The normalized spacial score (nSPS) is 15.8. The first-order chi connectivity index (χ1) is 27.2. The zero-order chi connectivity index (χ0) is 40.9. The largest absolute Gasteiger partial charge is 0.859 e. The minimum Gasteiger partial charge on any atom is -0.859 e. The molecule has 0 atom stereocenters. The summed E-state index contributed by atoms with van der Waals surface area (Å²) in [5, 5.41) is 40.6. The molecular weight excluding hydrogens is 1190 g/mol. The number of aromatic nitrogens is 4. The van der Waals surface area contributed by atoms with Gasteiger partial charge >= 0.3 is 0 Å². The minimum absolute atomic E-state index is 0. The van der Waals surface area contributed by atoms with Crippen LogP contribution in [0.5, 0.6) is 23.5 Å². The molecule has 0 aliphatic heterocycles. The molecule has 12 nitrogen and oxygen atoms in total. The van der Waals surface area contributed by atoms with Crippen molar-refractivity contribution in [1.29, 1.82) is 0 Å². The zero-order valence-electron chi connectivity index (χ0n) is 34.7. The first-order valence-corrected chi connectivity index (χ1v) is 20.2. The molecule has 0 N–H and O–H groups in total. The third kappa shape index (κ3) is 45.0. The standard InChI is InChI=1S/4C6H11N.4C5H5NO.4Sb/c4*7-6-4-2-1-3-5-6;4*7-5-3-1-2-4-6-5;;;;/h4*6H,1-5H2;4*1-4H,(H,6,7);;;;/p-4. The van der Waals surface area contributed by atoms with Crippen molar-refractivity contribution in [3.8, 4) is 23.5 Å². The summed E-state index contributed by atoms with van der Waals surface area (Å²) >= 11 is 0. The molecule has 4 aromatic heterocycles. The maximum absolute atomic E-state index is 10.2. The summed E-state index contributed by atoms with van der Waals surface area (Å²) in [5.41, 5.74) is 35.6. The number of pyridine rings is 4. The molecule has 8 rings (SSSR count). The minimum atomic E-state index is -0.178. The van der Waals surface area contributed by atoms with Gasteiger partial charge in [0, 0.05) is 147 Å². The van der Waals surface area contributed by atoms with E-state index in [1.54, 1.807) is 48.5 Å². The molecule has 0 bridgehead atoms. The summed E-state index contributed by atoms with van der Waals surface area (Å²) in [6, 6.07) is 19.3. The zero-order valence-corrected chi connectivity index (χ0v) is 44.9. The van der Waals surface area contributed by atoms with E-state index in [0.717, 1.165) is 51.4 Å². The van der Waals surface area contributed by atoms with Crippen LogP contribution in [0.4, 0.5) is 0 Å². The smallest absolute Gasteiger partial charge is 0.0433 e. The van der Waals surface area contributed by atoms with Crippen molar-refractivity contribution >= 4 is 97.7 Å². The molecule has 4 aliphatic rings. The molecular formula is C44H60N8O4Sb4-4. The number of rotatable bonds is 0. The monoisotopic (exact) mass is 1250 g/mol. The van der Waals surface area contributed by atoms with Gasteiger partial charge in [-0.3, -0.25) is 19.9 Å². The van der Waals surface area contributed by atoms with Gasteiger partial charge in [0.1, 0.15) is 0 Å². The van der Waals surface area contributed by atoms with Crippen LogP contribution in [-0.4, -0.2) is 142 Å². The molecule has 4 heterocycles. The first-order valence-electron chi connectivity index (χ1n) is 20.2. The maximum atomic E-state index is 10.2. The van der Waals surface area contributed by atoms with Crippen LogP contribution in [0.15, 0.2) is 97.6 Å². The van der Waals surface area contributed by atoms with Crippen molar-refractivity contribution in [3.63, 3.8) is 0 Å². The topological polar surface area (TPSA) is 233 Å². The molecule has 20 radical (unpaired) electrons. The van der Waals surface area contributed by atoms with E-state index < -0.39 is 0 Å². The molecule has 0 unspecified atom stereocenters. The van der Waals surface area contributed by atoms with Crippen molar-refractivity contribution in [2.75, 3.05) is 0 Å². The van der Waals surface area contributed by atoms with Crippen LogP contribution in [0.1, 0.15) is 128 Å². The molecule has 4 aromatic rings. The van der Waals surface area contributed by atoms with E-state index in [2.05, 4.69) is 19.9 Å². The van der Waals surface area contributed by atoms with Gasteiger partial charge in [0.15, 0.2) is 0 Å². The Kier molecular flexibility index (Phi) is 51.8. The summed E-state index contributed by atoms with van der Waals surface area (Å²) < 4.78 is 0. The van der Waals surface area contributed by atoms with Crippen LogP contribution in [0, 0.1) is 0 Å². The Morgan fingerprint density at radius 2 is 0.467 bits per heavy atom. The predicted octanol–water partition coefficient (Wildman–Crippen LogP) is 4.65. The fourth-order valence-corrected chi connectivity index (χ4v) is 5.71. The van der Waals surface area contributed by atoms with Gasteiger partial charge in [-0.05, 0) is 99.2 Å². The molecule has 0 aromatic carbocycles. The summed E-state index contributed by atoms with van der Waals surface area (Å²) in [6.07, 6.45) is 29.5. The van der Waals surface area contributed by atoms with Crippen LogP contribution >= 0.6 is 0 Å². The van der Waals surface area contributed by atoms with Crippen molar-refractivity contribution in [3.05, 3.63) is 97.6 Å². The second-order valence-corrected chi connectivity index (χ2v) is 13.8. The third-order valence-corrected chi connectivity index (χ3v) is 8.85. The second-order valence-electron chi connectivity index (χ2n) is 13.8. The molecule has 0 amide bonds. The molecule has 4 aliphatic carbocycles. The van der Waals surface area contributed by atoms with Crippen LogP contribution in [0.3, 0.4) is 0 Å². The molecule has 16 heteroatoms. The maximum Gasteiger partial charge on any atom is 0.0433 e. The summed E-state index contributed by atoms with van der Waals surface area (Å²) in [6.45, 7) is 0. The van der Waals surface area contributed by atoms with E-state index in [0.29, 0.717) is 0 Å². The predicted molar refractivity (Wildman–Crippen MR) is 234 cm³/mol. The molecule has 60 heavy (non-hydrogen) atoms. The molecule has 4 fully saturated rings. The van der Waals surface area contributed by atoms with Gasteiger partial charge in [0.25, 0.3) is 0 Å². The Balaban J connectivity index is -0.000000296. The van der Waals surface area contributed by atoms with E-state index in [1.165, 1.54) is 126 Å². The van der Waals surface area contributed by atoms with E-state index in [9.17, 15) is 20.4 Å². The molecule has 0 spiro atoms. The third-order valence-electron chi connectivity index (χ3n) is 8.85. The number of hydrogen-bond donors (Lipinski definition) is 0. The van der Waals surface area contributed by atoms with Crippen molar-refractivity contribution in [2.24, 2.45) is 0 Å². The van der Waals surface area contributed by atoms with E-state index in [1.807, 2.05) is 0 Å². The van der Waals surface area contributed by atoms with Crippen LogP contribution in [0.2, 0.25) is 0 Å². The average molecular weight is 1250 g/mol. The van der Waals surface area contributed by atoms with Gasteiger partial charge in [-0.1, -0.05) is 126 Å². The van der Waals surface area contributed by atoms with Crippen LogP contribution in [0.25, 0.3) is 0 Å². The SMILES string of the molecule is [N]C1CCCCC1.[N]C1CCCCC1.[N]C1CCCCC1.[N]C1CCCCC1.[O-]c1ccccn1.[O-]c1ccccn1.[O-]c1ccccn1.[O-]c1ccccn1.[Sb].[Sb].[Sb].[Sb]. The van der Waals surface area contributed by atoms with Gasteiger partial charge < -0.3 is 20.4 Å². The van der Waals surface area contributed by atoms with Gasteiger partial charge in [0.05, 0.1) is 0 Å². The van der Waals surface area contributed by atoms with E-state index >= 15 is 0 Å². The van der Waals surface area contributed by atoms with Crippen LogP contribution in [-0.2, 0) is 0 Å². The van der Waals surface area contributed by atoms with Gasteiger partial charge in [-0.25, -0.2) is 0 Å². The first kappa shape index (κ1) is 65.5. The molecule has 0 saturated heterocycles. The quantitative estimate of drug-likeness (QED) is 0.225. The van der Waals surface area contributed by atoms with E-state index in [-0.39, 0.29) is 145 Å². The molecule has 4 saturated carbocycles. The van der Waals surface area contributed by atoms with Gasteiger partial charge in [-0.15, -0.1) is 22.9 Å².